The lowest BCUT2D eigenvalue weighted by molar-refractivity contribution is 0.0980. The van der Waals surface area contributed by atoms with Crippen LogP contribution in [0.5, 0.6) is 0 Å². The van der Waals surface area contributed by atoms with E-state index in [1.165, 1.54) is 0 Å². The molecular formula is C19H16N2O2. The SMILES string of the molecule is CCCCc1nc2ccc3c(c2[nH]1)C(=O)c1ccccc1C3=O. The second-order valence-electron chi connectivity index (χ2n) is 5.87. The second kappa shape index (κ2) is 5.16. The number of carbonyl (C=O) groups excluding carboxylic acids is 2. The van der Waals surface area contributed by atoms with E-state index in [2.05, 4.69) is 16.9 Å². The number of hydrogen-bond acceptors (Lipinski definition) is 3. The summed E-state index contributed by atoms with van der Waals surface area (Å²) >= 11 is 0. The van der Waals surface area contributed by atoms with Gasteiger partial charge in [0.1, 0.15) is 5.82 Å². The lowest BCUT2D eigenvalue weighted by Crippen LogP contribution is -2.21. The fraction of sp³-hybridized carbons (Fsp3) is 0.211. The molecule has 1 heterocycles. The van der Waals surface area contributed by atoms with Gasteiger partial charge in [-0.3, -0.25) is 9.59 Å². The number of H-pyrrole nitrogens is 1. The Morgan fingerprint density at radius 3 is 2.43 bits per heavy atom. The topological polar surface area (TPSA) is 62.8 Å². The quantitative estimate of drug-likeness (QED) is 0.628. The summed E-state index contributed by atoms with van der Waals surface area (Å²) in [7, 11) is 0. The molecular weight excluding hydrogens is 288 g/mol. The lowest BCUT2D eigenvalue weighted by atomic mass is 9.83. The lowest BCUT2D eigenvalue weighted by Gasteiger charge is -2.17. The van der Waals surface area contributed by atoms with Crippen LogP contribution in [0.25, 0.3) is 11.0 Å². The Morgan fingerprint density at radius 2 is 1.70 bits per heavy atom. The summed E-state index contributed by atoms with van der Waals surface area (Å²) in [6.07, 6.45) is 2.97. The summed E-state index contributed by atoms with van der Waals surface area (Å²) in [6, 6.07) is 10.5. The van der Waals surface area contributed by atoms with Crippen LogP contribution in [0.3, 0.4) is 0 Å². The summed E-state index contributed by atoms with van der Waals surface area (Å²) in [5.74, 6) is 0.669. The number of nitrogens with zero attached hydrogens (tertiary/aromatic N) is 1. The molecule has 1 N–H and O–H groups in total. The molecule has 1 aliphatic carbocycles. The van der Waals surface area contributed by atoms with E-state index in [4.69, 9.17) is 0 Å². The number of imidazole rings is 1. The van der Waals surface area contributed by atoms with Gasteiger partial charge in [0.2, 0.25) is 0 Å². The van der Waals surface area contributed by atoms with E-state index in [-0.39, 0.29) is 11.6 Å². The summed E-state index contributed by atoms with van der Waals surface area (Å²) in [4.78, 5) is 33.4. The molecule has 0 bridgehead atoms. The van der Waals surface area contributed by atoms with E-state index < -0.39 is 0 Å². The number of unbranched alkanes of at least 4 members (excludes halogenated alkanes) is 1. The van der Waals surface area contributed by atoms with Gasteiger partial charge in [-0.15, -0.1) is 0 Å². The molecule has 0 saturated carbocycles. The molecule has 4 nitrogen and oxygen atoms in total. The van der Waals surface area contributed by atoms with Crippen molar-refractivity contribution in [3.8, 4) is 0 Å². The van der Waals surface area contributed by atoms with Crippen LogP contribution in [-0.4, -0.2) is 21.5 Å². The minimum Gasteiger partial charge on any atom is -0.341 e. The molecule has 0 spiro atoms. The molecule has 1 aliphatic rings. The van der Waals surface area contributed by atoms with Crippen molar-refractivity contribution in [1.29, 1.82) is 0 Å². The molecule has 0 radical (unpaired) electrons. The van der Waals surface area contributed by atoms with Crippen LogP contribution in [0.4, 0.5) is 0 Å². The highest BCUT2D eigenvalue weighted by molar-refractivity contribution is 6.31. The average Bonchev–Trinajstić information content (AvgIpc) is 3.00. The maximum Gasteiger partial charge on any atom is 0.196 e. The molecule has 0 aliphatic heterocycles. The zero-order valence-corrected chi connectivity index (χ0v) is 12.8. The van der Waals surface area contributed by atoms with Crippen molar-refractivity contribution in [2.45, 2.75) is 26.2 Å². The summed E-state index contributed by atoms with van der Waals surface area (Å²) in [5.41, 5.74) is 3.31. The van der Waals surface area contributed by atoms with E-state index >= 15 is 0 Å². The highest BCUT2D eigenvalue weighted by Crippen LogP contribution is 2.31. The number of aromatic nitrogens is 2. The Labute approximate surface area is 133 Å². The van der Waals surface area contributed by atoms with Crippen molar-refractivity contribution >= 4 is 22.6 Å². The van der Waals surface area contributed by atoms with Crippen LogP contribution < -0.4 is 0 Å². The van der Waals surface area contributed by atoms with Gasteiger partial charge in [-0.25, -0.2) is 4.98 Å². The van der Waals surface area contributed by atoms with Crippen LogP contribution >= 0.6 is 0 Å². The van der Waals surface area contributed by atoms with Crippen molar-refractivity contribution < 1.29 is 9.59 Å². The second-order valence-corrected chi connectivity index (χ2v) is 5.87. The smallest absolute Gasteiger partial charge is 0.196 e. The predicted octanol–water partition coefficient (Wildman–Crippen LogP) is 3.68. The van der Waals surface area contributed by atoms with Gasteiger partial charge in [-0.1, -0.05) is 37.6 Å². The Bertz CT molecular complexity index is 953. The zero-order chi connectivity index (χ0) is 16.0. The molecule has 0 amide bonds. The first-order valence-corrected chi connectivity index (χ1v) is 7.90. The van der Waals surface area contributed by atoms with Crippen LogP contribution in [0.1, 0.15) is 57.4 Å². The van der Waals surface area contributed by atoms with Gasteiger partial charge >= 0.3 is 0 Å². The number of nitrogens with one attached hydrogen (secondary N) is 1. The van der Waals surface area contributed by atoms with E-state index in [0.29, 0.717) is 27.8 Å². The summed E-state index contributed by atoms with van der Waals surface area (Å²) in [6.45, 7) is 2.13. The number of benzene rings is 2. The first-order valence-electron chi connectivity index (χ1n) is 7.90. The van der Waals surface area contributed by atoms with Crippen LogP contribution in [0.2, 0.25) is 0 Å². The number of aryl methyl sites for hydroxylation is 1. The summed E-state index contributed by atoms with van der Waals surface area (Å²) < 4.78 is 0. The fourth-order valence-electron chi connectivity index (χ4n) is 3.18. The third-order valence-corrected chi connectivity index (χ3v) is 4.36. The van der Waals surface area contributed by atoms with Gasteiger partial charge in [0, 0.05) is 23.1 Å². The van der Waals surface area contributed by atoms with Gasteiger partial charge in [-0.05, 0) is 18.6 Å². The fourth-order valence-corrected chi connectivity index (χ4v) is 3.18. The maximum absolute atomic E-state index is 12.9. The van der Waals surface area contributed by atoms with E-state index in [1.807, 2.05) is 6.07 Å². The van der Waals surface area contributed by atoms with Crippen molar-refractivity contribution in [1.82, 2.24) is 9.97 Å². The van der Waals surface area contributed by atoms with Gasteiger partial charge in [-0.2, -0.15) is 0 Å². The molecule has 2 aromatic carbocycles. The van der Waals surface area contributed by atoms with Crippen molar-refractivity contribution in [3.63, 3.8) is 0 Å². The van der Waals surface area contributed by atoms with Crippen molar-refractivity contribution in [3.05, 3.63) is 64.5 Å². The van der Waals surface area contributed by atoms with Gasteiger partial charge in [0.25, 0.3) is 0 Å². The molecule has 0 atom stereocenters. The normalized spacial score (nSPS) is 13.3. The molecule has 0 fully saturated rings. The van der Waals surface area contributed by atoms with Gasteiger partial charge in [0.15, 0.2) is 11.6 Å². The third-order valence-electron chi connectivity index (χ3n) is 4.36. The van der Waals surface area contributed by atoms with E-state index in [0.717, 1.165) is 30.6 Å². The third kappa shape index (κ3) is 2.02. The van der Waals surface area contributed by atoms with Crippen LogP contribution in [0.15, 0.2) is 36.4 Å². The van der Waals surface area contributed by atoms with Gasteiger partial charge in [0.05, 0.1) is 16.6 Å². The molecule has 4 rings (SSSR count). The number of rotatable bonds is 3. The van der Waals surface area contributed by atoms with E-state index in [9.17, 15) is 9.59 Å². The minimum atomic E-state index is -0.105. The Morgan fingerprint density at radius 1 is 0.957 bits per heavy atom. The molecule has 0 unspecified atom stereocenters. The molecule has 3 aromatic rings. The maximum atomic E-state index is 12.9. The first-order chi connectivity index (χ1) is 11.2. The molecule has 1 aromatic heterocycles. The number of carbonyl (C=O) groups is 2. The summed E-state index contributed by atoms with van der Waals surface area (Å²) in [5, 5.41) is 0. The van der Waals surface area contributed by atoms with Crippen molar-refractivity contribution in [2.24, 2.45) is 0 Å². The Hall–Kier alpha value is -2.75. The van der Waals surface area contributed by atoms with Gasteiger partial charge < -0.3 is 4.98 Å². The first kappa shape index (κ1) is 13.9. The predicted molar refractivity (Wildman–Crippen MR) is 88.0 cm³/mol. The average molecular weight is 304 g/mol. The molecule has 114 valence electrons. The molecule has 0 saturated heterocycles. The highest BCUT2D eigenvalue weighted by atomic mass is 16.1. The molecule has 4 heteroatoms. The van der Waals surface area contributed by atoms with Crippen molar-refractivity contribution in [2.75, 3.05) is 0 Å². The standard InChI is InChI=1S/C19H16N2O2/c1-2-3-8-15-20-14-10-9-13-16(17(14)21-15)19(23)12-7-5-4-6-11(12)18(13)22/h4-7,9-10H,2-3,8H2,1H3,(H,20,21). The number of aromatic amines is 1. The molecule has 23 heavy (non-hydrogen) atoms. The van der Waals surface area contributed by atoms with E-state index in [1.54, 1.807) is 30.3 Å². The Kier molecular flexibility index (Phi) is 3.11. The number of ketones is 2. The largest absolute Gasteiger partial charge is 0.341 e. The Balaban J connectivity index is 1.93. The van der Waals surface area contributed by atoms with Crippen LogP contribution in [-0.2, 0) is 6.42 Å². The zero-order valence-electron chi connectivity index (χ0n) is 12.8. The number of hydrogen-bond donors (Lipinski definition) is 1. The monoisotopic (exact) mass is 304 g/mol. The minimum absolute atomic E-state index is 0.0955. The highest BCUT2D eigenvalue weighted by Gasteiger charge is 2.31. The number of fused-ring (bicyclic) bond motifs is 4. The van der Waals surface area contributed by atoms with Crippen LogP contribution in [0, 0.1) is 0 Å².